The molecule has 0 aliphatic carbocycles. The number of ether oxygens (including phenoxy) is 1. The van der Waals surface area contributed by atoms with Gasteiger partial charge in [0.05, 0.1) is 0 Å². The highest BCUT2D eigenvalue weighted by molar-refractivity contribution is 8.13. The summed E-state index contributed by atoms with van der Waals surface area (Å²) in [5.41, 5.74) is 0.210. The van der Waals surface area contributed by atoms with Crippen LogP contribution in [0.3, 0.4) is 0 Å². The number of aliphatic imine (C=N–C) groups is 1. The number of rotatable bonds is 7. The minimum atomic E-state index is 0.210. The highest BCUT2D eigenvalue weighted by Crippen LogP contribution is 2.21. The van der Waals surface area contributed by atoms with E-state index in [1.165, 1.54) is 25.0 Å². The summed E-state index contributed by atoms with van der Waals surface area (Å²) in [4.78, 5) is 4.59. The number of nitrogens with zero attached hydrogens (tertiary/aromatic N) is 1. The molecule has 17 heavy (non-hydrogen) atoms. The van der Waals surface area contributed by atoms with E-state index in [-0.39, 0.29) is 5.54 Å². The van der Waals surface area contributed by atoms with Gasteiger partial charge >= 0.3 is 0 Å². The van der Waals surface area contributed by atoms with Gasteiger partial charge in [0.2, 0.25) is 0 Å². The zero-order valence-corrected chi connectivity index (χ0v) is 12.2. The van der Waals surface area contributed by atoms with E-state index in [2.05, 4.69) is 31.1 Å². The number of unbranched alkanes of at least 4 members (excludes halogenated alkanes) is 1. The maximum atomic E-state index is 5.51. The highest BCUT2D eigenvalue weighted by atomic mass is 32.2. The summed E-state index contributed by atoms with van der Waals surface area (Å²) in [7, 11) is 0. The molecule has 0 bridgehead atoms. The van der Waals surface area contributed by atoms with Crippen LogP contribution in [0.25, 0.3) is 0 Å². The summed E-state index contributed by atoms with van der Waals surface area (Å²) in [6.07, 6.45) is 4.60. The van der Waals surface area contributed by atoms with Crippen molar-refractivity contribution in [3.8, 4) is 0 Å². The molecule has 1 heterocycles. The van der Waals surface area contributed by atoms with E-state index in [0.717, 1.165) is 31.3 Å². The zero-order chi connectivity index (χ0) is 12.6. The summed E-state index contributed by atoms with van der Waals surface area (Å²) in [5.74, 6) is 1.17. The van der Waals surface area contributed by atoms with Crippen molar-refractivity contribution in [3.63, 3.8) is 0 Å². The second kappa shape index (κ2) is 7.98. The van der Waals surface area contributed by atoms with Gasteiger partial charge in [-0.1, -0.05) is 25.1 Å². The van der Waals surface area contributed by atoms with Crippen LogP contribution < -0.4 is 5.32 Å². The highest BCUT2D eigenvalue weighted by Gasteiger charge is 2.23. The van der Waals surface area contributed by atoms with Gasteiger partial charge in [-0.05, 0) is 33.1 Å². The Morgan fingerprint density at radius 3 is 2.82 bits per heavy atom. The predicted octanol–water partition coefficient (Wildman–Crippen LogP) is 3.05. The molecule has 0 radical (unpaired) electrons. The summed E-state index contributed by atoms with van der Waals surface area (Å²) in [5, 5.41) is 4.58. The van der Waals surface area contributed by atoms with Crippen LogP contribution in [0.5, 0.6) is 0 Å². The van der Waals surface area contributed by atoms with Crippen molar-refractivity contribution < 1.29 is 4.74 Å². The SMILES string of the molecule is CCCCOCCCN=C1NC(C)(C)CCS1. The minimum absolute atomic E-state index is 0.210. The second-order valence-electron chi connectivity index (χ2n) is 5.11. The first-order chi connectivity index (χ1) is 8.14. The zero-order valence-electron chi connectivity index (χ0n) is 11.4. The first-order valence-electron chi connectivity index (χ1n) is 6.67. The molecule has 4 heteroatoms. The van der Waals surface area contributed by atoms with Crippen LogP contribution in [0.15, 0.2) is 4.99 Å². The third kappa shape index (κ3) is 6.94. The molecule has 1 N–H and O–H groups in total. The molecule has 3 nitrogen and oxygen atoms in total. The van der Waals surface area contributed by atoms with E-state index in [1.54, 1.807) is 0 Å². The Kier molecular flexibility index (Phi) is 6.97. The number of thioether (sulfide) groups is 1. The van der Waals surface area contributed by atoms with Gasteiger partial charge < -0.3 is 10.1 Å². The lowest BCUT2D eigenvalue weighted by Crippen LogP contribution is -2.46. The van der Waals surface area contributed by atoms with Crippen LogP contribution in [-0.4, -0.2) is 36.2 Å². The molecule has 0 spiro atoms. The Bertz CT molecular complexity index is 242. The molecule has 1 rings (SSSR count). The lowest BCUT2D eigenvalue weighted by Gasteiger charge is -2.32. The van der Waals surface area contributed by atoms with E-state index in [0.29, 0.717) is 0 Å². The van der Waals surface area contributed by atoms with Crippen LogP contribution in [0.2, 0.25) is 0 Å². The first kappa shape index (κ1) is 14.8. The molecule has 0 saturated carbocycles. The Morgan fingerprint density at radius 2 is 2.12 bits per heavy atom. The van der Waals surface area contributed by atoms with Crippen LogP contribution in [0, 0.1) is 0 Å². The minimum Gasteiger partial charge on any atom is -0.381 e. The predicted molar refractivity (Wildman–Crippen MR) is 76.9 cm³/mol. The molecule has 0 aromatic rings. The number of nitrogens with one attached hydrogen (secondary N) is 1. The van der Waals surface area contributed by atoms with Crippen LogP contribution in [0.1, 0.15) is 46.5 Å². The fourth-order valence-electron chi connectivity index (χ4n) is 1.57. The second-order valence-corrected chi connectivity index (χ2v) is 6.20. The van der Waals surface area contributed by atoms with E-state index in [4.69, 9.17) is 4.74 Å². The van der Waals surface area contributed by atoms with E-state index in [1.807, 2.05) is 11.8 Å². The number of hydrogen-bond acceptors (Lipinski definition) is 3. The molecule has 1 fully saturated rings. The average molecular weight is 258 g/mol. The normalized spacial score (nSPS) is 21.5. The standard InChI is InChI=1S/C13H26N2OS/c1-4-5-9-16-10-6-8-14-12-15-13(2,3)7-11-17-12/h4-11H2,1-3H3,(H,14,15). The Morgan fingerprint density at radius 1 is 1.35 bits per heavy atom. The Balaban J connectivity index is 2.08. The van der Waals surface area contributed by atoms with Crippen molar-refractivity contribution in [1.82, 2.24) is 5.32 Å². The number of hydrogen-bond donors (Lipinski definition) is 1. The van der Waals surface area contributed by atoms with Gasteiger partial charge in [-0.3, -0.25) is 4.99 Å². The fourth-order valence-corrected chi connectivity index (χ4v) is 2.91. The first-order valence-corrected chi connectivity index (χ1v) is 7.66. The average Bonchev–Trinajstić information content (AvgIpc) is 2.27. The van der Waals surface area contributed by atoms with E-state index >= 15 is 0 Å². The quantitative estimate of drug-likeness (QED) is 0.713. The van der Waals surface area contributed by atoms with Gasteiger partial charge in [-0.2, -0.15) is 0 Å². The summed E-state index contributed by atoms with van der Waals surface area (Å²) in [6.45, 7) is 9.25. The third-order valence-corrected chi connectivity index (χ3v) is 3.67. The maximum absolute atomic E-state index is 5.51. The van der Waals surface area contributed by atoms with Crippen LogP contribution in [-0.2, 0) is 4.74 Å². The van der Waals surface area contributed by atoms with Gasteiger partial charge in [0.25, 0.3) is 0 Å². The van der Waals surface area contributed by atoms with Crippen LogP contribution >= 0.6 is 11.8 Å². The summed E-state index contributed by atoms with van der Waals surface area (Å²) < 4.78 is 5.51. The monoisotopic (exact) mass is 258 g/mol. The van der Waals surface area contributed by atoms with Crippen molar-refractivity contribution in [1.29, 1.82) is 0 Å². The molecule has 0 atom stereocenters. The lowest BCUT2D eigenvalue weighted by molar-refractivity contribution is 0.130. The fraction of sp³-hybridized carbons (Fsp3) is 0.923. The van der Waals surface area contributed by atoms with E-state index in [9.17, 15) is 0 Å². The third-order valence-electron chi connectivity index (χ3n) is 2.76. The molecular weight excluding hydrogens is 232 g/mol. The van der Waals surface area contributed by atoms with Crippen molar-refractivity contribution in [2.24, 2.45) is 4.99 Å². The van der Waals surface area contributed by atoms with Gasteiger partial charge in [-0.25, -0.2) is 0 Å². The van der Waals surface area contributed by atoms with Crippen molar-refractivity contribution >= 4 is 16.9 Å². The van der Waals surface area contributed by atoms with Gasteiger partial charge in [-0.15, -0.1) is 0 Å². The topological polar surface area (TPSA) is 33.6 Å². The molecule has 1 saturated heterocycles. The molecule has 0 unspecified atom stereocenters. The Labute approximate surface area is 110 Å². The molecule has 1 aliphatic rings. The molecule has 0 amide bonds. The maximum Gasteiger partial charge on any atom is 0.156 e. The van der Waals surface area contributed by atoms with Gasteiger partial charge in [0.1, 0.15) is 0 Å². The van der Waals surface area contributed by atoms with E-state index < -0.39 is 0 Å². The van der Waals surface area contributed by atoms with Crippen LogP contribution in [0.4, 0.5) is 0 Å². The van der Waals surface area contributed by atoms with Crippen molar-refractivity contribution in [2.45, 2.75) is 52.0 Å². The lowest BCUT2D eigenvalue weighted by atomic mass is 10.0. The van der Waals surface area contributed by atoms with Gasteiger partial charge in [0, 0.05) is 31.1 Å². The van der Waals surface area contributed by atoms with Crippen molar-refractivity contribution in [3.05, 3.63) is 0 Å². The van der Waals surface area contributed by atoms with Gasteiger partial charge in [0.15, 0.2) is 5.17 Å². The smallest absolute Gasteiger partial charge is 0.156 e. The Hall–Kier alpha value is -0.220. The molecular formula is C13H26N2OS. The number of amidine groups is 1. The van der Waals surface area contributed by atoms with Crippen molar-refractivity contribution in [2.75, 3.05) is 25.5 Å². The molecule has 0 aromatic carbocycles. The largest absolute Gasteiger partial charge is 0.381 e. The molecule has 1 aliphatic heterocycles. The summed E-state index contributed by atoms with van der Waals surface area (Å²) >= 11 is 1.84. The molecule has 0 aromatic heterocycles. The molecule has 100 valence electrons. The summed E-state index contributed by atoms with van der Waals surface area (Å²) in [6, 6.07) is 0.